The summed E-state index contributed by atoms with van der Waals surface area (Å²) in [5, 5.41) is 3.67. The van der Waals surface area contributed by atoms with Crippen molar-refractivity contribution in [1.82, 2.24) is 5.32 Å². The van der Waals surface area contributed by atoms with Gasteiger partial charge in [-0.2, -0.15) is 0 Å². The third-order valence-corrected chi connectivity index (χ3v) is 5.51. The van der Waals surface area contributed by atoms with Crippen LogP contribution in [-0.2, 0) is 9.53 Å². The van der Waals surface area contributed by atoms with Crippen molar-refractivity contribution in [2.24, 2.45) is 29.6 Å². The molecule has 0 saturated heterocycles. The molecule has 3 heteroatoms. The zero-order valence-corrected chi connectivity index (χ0v) is 11.0. The molecule has 0 spiro atoms. The molecule has 0 radical (unpaired) electrons. The van der Waals surface area contributed by atoms with Crippen LogP contribution in [0.2, 0.25) is 0 Å². The normalized spacial score (nSPS) is 45.2. The van der Waals surface area contributed by atoms with E-state index in [0.717, 1.165) is 23.7 Å². The summed E-state index contributed by atoms with van der Waals surface area (Å²) in [6, 6.07) is 0.931. The smallest absolute Gasteiger partial charge is 0.309 e. The summed E-state index contributed by atoms with van der Waals surface area (Å²) in [5.41, 5.74) is 0. The minimum atomic E-state index is -0.0984. The highest BCUT2D eigenvalue weighted by Crippen LogP contribution is 2.65. The first-order valence-electron chi connectivity index (χ1n) is 6.97. The lowest BCUT2D eigenvalue weighted by Gasteiger charge is -2.21. The quantitative estimate of drug-likeness (QED) is 0.758. The van der Waals surface area contributed by atoms with Gasteiger partial charge in [-0.3, -0.25) is 4.79 Å². The average molecular weight is 237 g/mol. The van der Waals surface area contributed by atoms with Crippen molar-refractivity contribution in [3.05, 3.63) is 0 Å². The lowest BCUT2D eigenvalue weighted by atomic mass is 10.0. The Bertz CT molecular complexity index is 314. The zero-order chi connectivity index (χ0) is 12.2. The van der Waals surface area contributed by atoms with Crippen molar-refractivity contribution >= 4 is 5.97 Å². The topological polar surface area (TPSA) is 38.3 Å². The second kappa shape index (κ2) is 3.98. The van der Waals surface area contributed by atoms with Crippen LogP contribution in [0.1, 0.15) is 33.1 Å². The number of carbonyl (C=O) groups excluding carboxylic acids is 1. The maximum Gasteiger partial charge on any atom is 0.309 e. The molecule has 0 aromatic rings. The summed E-state index contributed by atoms with van der Waals surface area (Å²) in [6.07, 6.45) is 4.38. The zero-order valence-electron chi connectivity index (χ0n) is 11.0. The molecule has 0 aromatic carbocycles. The maximum absolute atomic E-state index is 11.5. The molecule has 3 aliphatic rings. The van der Waals surface area contributed by atoms with E-state index in [0.29, 0.717) is 6.04 Å². The van der Waals surface area contributed by atoms with E-state index in [9.17, 15) is 4.79 Å². The van der Waals surface area contributed by atoms with E-state index in [1.165, 1.54) is 26.4 Å². The van der Waals surface area contributed by atoms with Crippen LogP contribution in [0.5, 0.6) is 0 Å². The Morgan fingerprint density at radius 3 is 2.35 bits per heavy atom. The van der Waals surface area contributed by atoms with Crippen LogP contribution in [0.15, 0.2) is 0 Å². The third kappa shape index (κ3) is 1.70. The van der Waals surface area contributed by atoms with Crippen LogP contribution in [0.4, 0.5) is 0 Å². The second-order valence-electron chi connectivity index (χ2n) is 6.28. The monoisotopic (exact) mass is 237 g/mol. The number of rotatable bonds is 4. The summed E-state index contributed by atoms with van der Waals surface area (Å²) in [5.74, 6) is 3.70. The van der Waals surface area contributed by atoms with E-state index < -0.39 is 0 Å². The highest BCUT2D eigenvalue weighted by atomic mass is 16.5. The number of ether oxygens (including phenoxy) is 1. The SMILES string of the molecule is COC(=O)C(C)C(C)NC1C2C3CCC(C3)C12. The summed E-state index contributed by atoms with van der Waals surface area (Å²) in [7, 11) is 1.47. The molecule has 0 amide bonds. The predicted molar refractivity (Wildman–Crippen MR) is 65.4 cm³/mol. The molecule has 6 unspecified atom stereocenters. The van der Waals surface area contributed by atoms with Gasteiger partial charge in [0.05, 0.1) is 13.0 Å². The van der Waals surface area contributed by atoms with Gasteiger partial charge >= 0.3 is 5.97 Å². The van der Waals surface area contributed by atoms with Crippen molar-refractivity contribution in [1.29, 1.82) is 0 Å². The van der Waals surface area contributed by atoms with Gasteiger partial charge in [0.25, 0.3) is 0 Å². The molecule has 3 fully saturated rings. The van der Waals surface area contributed by atoms with Gasteiger partial charge in [0.15, 0.2) is 0 Å². The number of esters is 1. The van der Waals surface area contributed by atoms with Crippen molar-refractivity contribution in [2.75, 3.05) is 7.11 Å². The fourth-order valence-corrected chi connectivity index (χ4v) is 4.39. The summed E-state index contributed by atoms with van der Waals surface area (Å²) in [4.78, 5) is 11.5. The van der Waals surface area contributed by atoms with Gasteiger partial charge in [0, 0.05) is 12.1 Å². The Morgan fingerprint density at radius 2 is 1.82 bits per heavy atom. The Hall–Kier alpha value is -0.570. The number of carbonyl (C=O) groups is 1. The molecule has 3 nitrogen and oxygen atoms in total. The molecule has 3 rings (SSSR count). The maximum atomic E-state index is 11.5. The first kappa shape index (κ1) is 11.5. The van der Waals surface area contributed by atoms with E-state index in [2.05, 4.69) is 12.2 Å². The molecule has 3 saturated carbocycles. The molecule has 0 heterocycles. The van der Waals surface area contributed by atoms with Gasteiger partial charge in [-0.15, -0.1) is 0 Å². The first-order valence-corrected chi connectivity index (χ1v) is 6.97. The summed E-state index contributed by atoms with van der Waals surface area (Å²) in [6.45, 7) is 4.06. The minimum absolute atomic E-state index is 0.0426. The van der Waals surface area contributed by atoms with Crippen LogP contribution in [0.3, 0.4) is 0 Å². The fourth-order valence-electron chi connectivity index (χ4n) is 4.39. The minimum Gasteiger partial charge on any atom is -0.469 e. The highest BCUT2D eigenvalue weighted by molar-refractivity contribution is 5.72. The van der Waals surface area contributed by atoms with E-state index in [4.69, 9.17) is 4.74 Å². The van der Waals surface area contributed by atoms with Crippen molar-refractivity contribution < 1.29 is 9.53 Å². The molecule has 0 aromatic heterocycles. The molecule has 0 aliphatic heterocycles. The van der Waals surface area contributed by atoms with Gasteiger partial charge in [-0.25, -0.2) is 0 Å². The standard InChI is InChI=1S/C14H23NO2/c1-7(14(16)17-3)8(2)15-13-11-9-4-5-10(6-9)12(11)13/h7-13,15H,4-6H2,1-3H3. The van der Waals surface area contributed by atoms with Gasteiger partial charge < -0.3 is 10.1 Å². The largest absolute Gasteiger partial charge is 0.469 e. The van der Waals surface area contributed by atoms with Gasteiger partial charge in [0.2, 0.25) is 0 Å². The number of hydrogen-bond acceptors (Lipinski definition) is 3. The van der Waals surface area contributed by atoms with Crippen molar-refractivity contribution in [3.8, 4) is 0 Å². The molecule has 3 aliphatic carbocycles. The van der Waals surface area contributed by atoms with E-state index >= 15 is 0 Å². The molecule has 96 valence electrons. The van der Waals surface area contributed by atoms with Crippen LogP contribution >= 0.6 is 0 Å². The lowest BCUT2D eigenvalue weighted by molar-refractivity contribution is -0.145. The highest BCUT2D eigenvalue weighted by Gasteiger charge is 2.65. The Kier molecular flexibility index (Phi) is 2.69. The molecule has 2 bridgehead atoms. The second-order valence-corrected chi connectivity index (χ2v) is 6.28. The summed E-state index contributed by atoms with van der Waals surface area (Å²) >= 11 is 0. The lowest BCUT2D eigenvalue weighted by Crippen LogP contribution is -2.40. The number of hydrogen-bond donors (Lipinski definition) is 1. The van der Waals surface area contributed by atoms with Crippen LogP contribution in [-0.4, -0.2) is 25.2 Å². The Labute approximate surface area is 103 Å². The number of fused-ring (bicyclic) bond motifs is 5. The molecule has 6 atom stereocenters. The fraction of sp³-hybridized carbons (Fsp3) is 0.929. The first-order chi connectivity index (χ1) is 8.13. The van der Waals surface area contributed by atoms with Crippen LogP contribution in [0, 0.1) is 29.6 Å². The van der Waals surface area contributed by atoms with E-state index in [-0.39, 0.29) is 17.9 Å². The van der Waals surface area contributed by atoms with Gasteiger partial charge in [-0.05, 0) is 49.9 Å². The Balaban J connectivity index is 1.54. The molecule has 17 heavy (non-hydrogen) atoms. The Morgan fingerprint density at radius 1 is 1.24 bits per heavy atom. The van der Waals surface area contributed by atoms with Crippen molar-refractivity contribution in [3.63, 3.8) is 0 Å². The number of methoxy groups -OCH3 is 1. The summed E-state index contributed by atoms with van der Waals surface area (Å²) < 4.78 is 4.80. The van der Waals surface area contributed by atoms with Crippen LogP contribution < -0.4 is 5.32 Å². The molecular weight excluding hydrogens is 214 g/mol. The average Bonchev–Trinajstić information content (AvgIpc) is 2.75. The molecular formula is C14H23NO2. The van der Waals surface area contributed by atoms with Crippen LogP contribution in [0.25, 0.3) is 0 Å². The van der Waals surface area contributed by atoms with Gasteiger partial charge in [-0.1, -0.05) is 6.92 Å². The van der Waals surface area contributed by atoms with Crippen molar-refractivity contribution in [2.45, 2.75) is 45.2 Å². The third-order valence-electron chi connectivity index (χ3n) is 5.51. The van der Waals surface area contributed by atoms with Gasteiger partial charge in [0.1, 0.15) is 0 Å². The predicted octanol–water partition coefficient (Wildman–Crippen LogP) is 1.82. The number of nitrogens with one attached hydrogen (secondary N) is 1. The van der Waals surface area contributed by atoms with E-state index in [1.54, 1.807) is 0 Å². The molecule has 1 N–H and O–H groups in total. The van der Waals surface area contributed by atoms with E-state index in [1.807, 2.05) is 6.92 Å².